The van der Waals surface area contributed by atoms with E-state index in [-0.39, 0.29) is 0 Å². The Morgan fingerprint density at radius 2 is 1.88 bits per heavy atom. The van der Waals surface area contributed by atoms with Crippen LogP contribution < -0.4 is 10.2 Å². The monoisotopic (exact) mass is 244 g/mol. The van der Waals surface area contributed by atoms with E-state index in [4.69, 9.17) is 12.2 Å². The van der Waals surface area contributed by atoms with Crippen LogP contribution in [0.3, 0.4) is 0 Å². The van der Waals surface area contributed by atoms with Gasteiger partial charge in [0, 0.05) is 19.3 Å². The standard InChI is InChI=1S/C14H16N2S/c1-3-15-14(17)16(2)13-9-8-11-6-4-5-7-12(11)10-13/h4-10H,3H2,1-2H3,(H,15,17). The second-order valence-electron chi connectivity index (χ2n) is 3.93. The summed E-state index contributed by atoms with van der Waals surface area (Å²) in [6.45, 7) is 2.89. The maximum absolute atomic E-state index is 5.30. The molecule has 0 fully saturated rings. The summed E-state index contributed by atoms with van der Waals surface area (Å²) in [5, 5.41) is 6.38. The molecule has 0 amide bonds. The Labute approximate surface area is 107 Å². The van der Waals surface area contributed by atoms with E-state index in [0.717, 1.165) is 17.3 Å². The Morgan fingerprint density at radius 3 is 2.59 bits per heavy atom. The molecule has 2 aromatic carbocycles. The third kappa shape index (κ3) is 2.56. The Balaban J connectivity index is 2.32. The number of fused-ring (bicyclic) bond motifs is 1. The maximum atomic E-state index is 5.30. The van der Waals surface area contributed by atoms with Gasteiger partial charge >= 0.3 is 0 Å². The normalized spacial score (nSPS) is 10.2. The molecule has 0 saturated carbocycles. The fourth-order valence-corrected chi connectivity index (χ4v) is 2.02. The van der Waals surface area contributed by atoms with Crippen molar-refractivity contribution in [3.8, 4) is 0 Å². The molecule has 0 spiro atoms. The summed E-state index contributed by atoms with van der Waals surface area (Å²) in [5.74, 6) is 0. The van der Waals surface area contributed by atoms with Crippen molar-refractivity contribution in [2.75, 3.05) is 18.5 Å². The highest BCUT2D eigenvalue weighted by atomic mass is 32.1. The molecule has 0 atom stereocenters. The molecule has 2 nitrogen and oxygen atoms in total. The number of hydrogen-bond donors (Lipinski definition) is 1. The molecule has 0 aliphatic carbocycles. The lowest BCUT2D eigenvalue weighted by Gasteiger charge is -2.21. The molecule has 0 aliphatic rings. The van der Waals surface area contributed by atoms with Crippen molar-refractivity contribution in [2.24, 2.45) is 0 Å². The molecule has 0 unspecified atom stereocenters. The molecule has 0 radical (unpaired) electrons. The van der Waals surface area contributed by atoms with E-state index < -0.39 is 0 Å². The Kier molecular flexibility index (Phi) is 3.59. The fraction of sp³-hybridized carbons (Fsp3) is 0.214. The molecule has 0 aromatic heterocycles. The van der Waals surface area contributed by atoms with E-state index in [1.54, 1.807) is 0 Å². The first-order chi connectivity index (χ1) is 8.22. The summed E-state index contributed by atoms with van der Waals surface area (Å²) in [4.78, 5) is 1.99. The van der Waals surface area contributed by atoms with Gasteiger partial charge in [-0.05, 0) is 42.0 Å². The van der Waals surface area contributed by atoms with Crippen LogP contribution in [-0.2, 0) is 0 Å². The molecule has 2 aromatic rings. The predicted octanol–water partition coefficient (Wildman–Crippen LogP) is 3.17. The van der Waals surface area contributed by atoms with E-state index in [0.29, 0.717) is 0 Å². The number of anilines is 1. The van der Waals surface area contributed by atoms with Gasteiger partial charge in [-0.3, -0.25) is 0 Å². The van der Waals surface area contributed by atoms with Crippen molar-refractivity contribution in [1.82, 2.24) is 5.32 Å². The second kappa shape index (κ2) is 5.15. The lowest BCUT2D eigenvalue weighted by atomic mass is 10.1. The molecule has 0 aliphatic heterocycles. The fourth-order valence-electron chi connectivity index (χ4n) is 1.77. The van der Waals surface area contributed by atoms with Crippen molar-refractivity contribution in [2.45, 2.75) is 6.92 Å². The zero-order chi connectivity index (χ0) is 12.3. The summed E-state index contributed by atoms with van der Waals surface area (Å²) < 4.78 is 0. The average Bonchev–Trinajstić information content (AvgIpc) is 2.37. The number of benzene rings is 2. The van der Waals surface area contributed by atoms with Gasteiger partial charge in [-0.25, -0.2) is 0 Å². The van der Waals surface area contributed by atoms with Crippen LogP contribution in [0, 0.1) is 0 Å². The summed E-state index contributed by atoms with van der Waals surface area (Å²) in [6.07, 6.45) is 0. The van der Waals surface area contributed by atoms with Crippen LogP contribution in [0.25, 0.3) is 10.8 Å². The van der Waals surface area contributed by atoms with Gasteiger partial charge in [0.1, 0.15) is 0 Å². The minimum atomic E-state index is 0.753. The number of nitrogens with one attached hydrogen (secondary N) is 1. The smallest absolute Gasteiger partial charge is 0.173 e. The van der Waals surface area contributed by atoms with Crippen molar-refractivity contribution < 1.29 is 0 Å². The van der Waals surface area contributed by atoms with Crippen LogP contribution in [-0.4, -0.2) is 18.7 Å². The van der Waals surface area contributed by atoms with E-state index in [9.17, 15) is 0 Å². The molecule has 2 rings (SSSR count). The highest BCUT2D eigenvalue weighted by Crippen LogP contribution is 2.21. The summed E-state index contributed by atoms with van der Waals surface area (Å²) in [5.41, 5.74) is 1.11. The lowest BCUT2D eigenvalue weighted by Crippen LogP contribution is -2.36. The number of thiocarbonyl (C=S) groups is 1. The number of hydrogen-bond acceptors (Lipinski definition) is 1. The molecule has 3 heteroatoms. The first kappa shape index (κ1) is 11.9. The lowest BCUT2D eigenvalue weighted by molar-refractivity contribution is 0.956. The predicted molar refractivity (Wildman–Crippen MR) is 78.6 cm³/mol. The van der Waals surface area contributed by atoms with Gasteiger partial charge in [0.15, 0.2) is 5.11 Å². The third-order valence-electron chi connectivity index (χ3n) is 2.75. The topological polar surface area (TPSA) is 15.3 Å². The van der Waals surface area contributed by atoms with Crippen molar-refractivity contribution in [1.29, 1.82) is 0 Å². The largest absolute Gasteiger partial charge is 0.363 e. The first-order valence-corrected chi connectivity index (χ1v) is 6.13. The van der Waals surface area contributed by atoms with Crippen molar-refractivity contribution >= 4 is 33.8 Å². The molecule has 0 saturated heterocycles. The van der Waals surface area contributed by atoms with Gasteiger partial charge in [-0.15, -0.1) is 0 Å². The highest BCUT2D eigenvalue weighted by molar-refractivity contribution is 7.80. The molecule has 17 heavy (non-hydrogen) atoms. The van der Waals surface area contributed by atoms with Gasteiger partial charge in [-0.1, -0.05) is 30.3 Å². The van der Waals surface area contributed by atoms with Crippen LogP contribution in [0.4, 0.5) is 5.69 Å². The Morgan fingerprint density at radius 1 is 1.18 bits per heavy atom. The molecule has 1 N–H and O–H groups in total. The molecule has 0 bridgehead atoms. The number of nitrogens with zero attached hydrogens (tertiary/aromatic N) is 1. The van der Waals surface area contributed by atoms with Gasteiger partial charge in [-0.2, -0.15) is 0 Å². The van der Waals surface area contributed by atoms with E-state index >= 15 is 0 Å². The first-order valence-electron chi connectivity index (χ1n) is 5.72. The molecule has 88 valence electrons. The van der Waals surface area contributed by atoms with E-state index in [1.165, 1.54) is 10.8 Å². The molecular weight excluding hydrogens is 228 g/mol. The van der Waals surface area contributed by atoms with Crippen LogP contribution in [0.2, 0.25) is 0 Å². The zero-order valence-electron chi connectivity index (χ0n) is 10.1. The van der Waals surface area contributed by atoms with Crippen molar-refractivity contribution in [3.63, 3.8) is 0 Å². The van der Waals surface area contributed by atoms with Crippen LogP contribution >= 0.6 is 12.2 Å². The van der Waals surface area contributed by atoms with Crippen molar-refractivity contribution in [3.05, 3.63) is 42.5 Å². The van der Waals surface area contributed by atoms with Crippen LogP contribution in [0.5, 0.6) is 0 Å². The zero-order valence-corrected chi connectivity index (χ0v) is 10.9. The van der Waals surface area contributed by atoms with Gasteiger partial charge in [0.2, 0.25) is 0 Å². The third-order valence-corrected chi connectivity index (χ3v) is 3.17. The Bertz CT molecular complexity index is 536. The quantitative estimate of drug-likeness (QED) is 0.817. The molecule has 0 heterocycles. The summed E-state index contributed by atoms with van der Waals surface area (Å²) in [6, 6.07) is 14.7. The van der Waals surface area contributed by atoms with E-state index in [2.05, 4.69) is 47.8 Å². The second-order valence-corrected chi connectivity index (χ2v) is 4.31. The molecular formula is C14H16N2S. The SMILES string of the molecule is CCNC(=S)N(C)c1ccc2ccccc2c1. The van der Waals surface area contributed by atoms with Gasteiger partial charge in [0.05, 0.1) is 0 Å². The van der Waals surface area contributed by atoms with E-state index in [1.807, 2.05) is 18.9 Å². The summed E-state index contributed by atoms with van der Waals surface area (Å²) >= 11 is 5.30. The summed E-state index contributed by atoms with van der Waals surface area (Å²) in [7, 11) is 1.98. The van der Waals surface area contributed by atoms with Gasteiger partial charge in [0.25, 0.3) is 0 Å². The maximum Gasteiger partial charge on any atom is 0.173 e. The highest BCUT2D eigenvalue weighted by Gasteiger charge is 2.05. The number of rotatable bonds is 2. The average molecular weight is 244 g/mol. The minimum absolute atomic E-state index is 0.753. The van der Waals surface area contributed by atoms with Crippen LogP contribution in [0.1, 0.15) is 6.92 Å². The van der Waals surface area contributed by atoms with Crippen LogP contribution in [0.15, 0.2) is 42.5 Å². The Hall–Kier alpha value is -1.61. The van der Waals surface area contributed by atoms with Gasteiger partial charge < -0.3 is 10.2 Å². The minimum Gasteiger partial charge on any atom is -0.363 e.